The molecular formula is C19H21ClN4O2S2. The first kappa shape index (κ1) is 19.4. The highest BCUT2D eigenvalue weighted by Gasteiger charge is 2.33. The van der Waals surface area contributed by atoms with Gasteiger partial charge in [0.15, 0.2) is 5.13 Å². The van der Waals surface area contributed by atoms with Crippen molar-refractivity contribution in [3.8, 4) is 0 Å². The third-order valence-electron chi connectivity index (χ3n) is 5.19. The SMILES string of the molecule is Cc1nn(C)c(Cl)c1S(=O)(=O)N(C)c1nc2c(s1)C[C@H](c1ccccc1)CC2. The van der Waals surface area contributed by atoms with Crippen molar-refractivity contribution in [2.24, 2.45) is 7.05 Å². The van der Waals surface area contributed by atoms with E-state index in [1.165, 1.54) is 32.9 Å². The molecule has 0 bridgehead atoms. The summed E-state index contributed by atoms with van der Waals surface area (Å²) in [5.74, 6) is 0.443. The molecule has 2 heterocycles. The molecule has 9 heteroatoms. The molecule has 0 N–H and O–H groups in total. The van der Waals surface area contributed by atoms with E-state index < -0.39 is 10.0 Å². The summed E-state index contributed by atoms with van der Waals surface area (Å²) in [7, 11) is -0.682. The molecule has 0 spiro atoms. The fraction of sp³-hybridized carbons (Fsp3) is 0.368. The zero-order chi connectivity index (χ0) is 20.1. The third-order valence-corrected chi connectivity index (χ3v) is 8.94. The number of thiazole rings is 1. The second-order valence-corrected chi connectivity index (χ2v) is 10.3. The Hall–Kier alpha value is -1.90. The van der Waals surface area contributed by atoms with Crippen LogP contribution in [0.15, 0.2) is 35.2 Å². The summed E-state index contributed by atoms with van der Waals surface area (Å²) in [5, 5.41) is 4.70. The highest BCUT2D eigenvalue weighted by atomic mass is 35.5. The molecule has 0 radical (unpaired) electrons. The number of hydrogen-bond donors (Lipinski definition) is 0. The van der Waals surface area contributed by atoms with E-state index in [1.807, 2.05) is 6.07 Å². The fourth-order valence-electron chi connectivity index (χ4n) is 3.65. The van der Waals surface area contributed by atoms with Gasteiger partial charge in [-0.3, -0.25) is 4.68 Å². The number of fused-ring (bicyclic) bond motifs is 1. The predicted molar refractivity (Wildman–Crippen MR) is 112 cm³/mol. The molecule has 28 heavy (non-hydrogen) atoms. The predicted octanol–water partition coefficient (Wildman–Crippen LogP) is 3.94. The Morgan fingerprint density at radius 3 is 2.64 bits per heavy atom. The molecule has 0 saturated heterocycles. The maximum Gasteiger partial charge on any atom is 0.270 e. The van der Waals surface area contributed by atoms with Gasteiger partial charge in [-0.1, -0.05) is 41.9 Å². The normalized spacial score (nSPS) is 16.8. The first-order valence-electron chi connectivity index (χ1n) is 9.00. The molecule has 1 aromatic carbocycles. The number of rotatable bonds is 4. The molecule has 6 nitrogen and oxygen atoms in total. The smallest absolute Gasteiger partial charge is 0.255 e. The minimum absolute atomic E-state index is 0.0366. The average molecular weight is 437 g/mol. The van der Waals surface area contributed by atoms with Crippen molar-refractivity contribution in [3.05, 3.63) is 57.3 Å². The Balaban J connectivity index is 1.64. The first-order chi connectivity index (χ1) is 13.3. The molecule has 148 valence electrons. The van der Waals surface area contributed by atoms with E-state index in [4.69, 9.17) is 11.6 Å². The van der Waals surface area contributed by atoms with Crippen LogP contribution >= 0.6 is 22.9 Å². The van der Waals surface area contributed by atoms with Gasteiger partial charge < -0.3 is 0 Å². The van der Waals surface area contributed by atoms with Gasteiger partial charge in [0.05, 0.1) is 11.4 Å². The van der Waals surface area contributed by atoms with E-state index in [9.17, 15) is 8.42 Å². The Labute approximate surface area is 173 Å². The van der Waals surface area contributed by atoms with Crippen LogP contribution in [0.3, 0.4) is 0 Å². The van der Waals surface area contributed by atoms with E-state index in [0.717, 1.165) is 29.8 Å². The third kappa shape index (κ3) is 3.23. The van der Waals surface area contributed by atoms with Gasteiger partial charge in [-0.2, -0.15) is 5.10 Å². The Morgan fingerprint density at radius 2 is 2.00 bits per heavy atom. The fourth-order valence-corrected chi connectivity index (χ4v) is 6.86. The van der Waals surface area contributed by atoms with E-state index in [-0.39, 0.29) is 10.0 Å². The lowest BCUT2D eigenvalue weighted by Gasteiger charge is -2.21. The van der Waals surface area contributed by atoms with E-state index in [1.54, 1.807) is 14.0 Å². The molecule has 0 unspecified atom stereocenters. The quantitative estimate of drug-likeness (QED) is 0.621. The molecule has 0 aliphatic heterocycles. The molecule has 1 aliphatic carbocycles. The van der Waals surface area contributed by atoms with Crippen molar-refractivity contribution in [1.29, 1.82) is 0 Å². The highest BCUT2D eigenvalue weighted by molar-refractivity contribution is 7.93. The summed E-state index contributed by atoms with van der Waals surface area (Å²) in [6.07, 6.45) is 2.76. The number of sulfonamides is 1. The number of halogens is 1. The van der Waals surface area contributed by atoms with Crippen molar-refractivity contribution in [3.63, 3.8) is 0 Å². The molecule has 1 aliphatic rings. The lowest BCUT2D eigenvalue weighted by molar-refractivity contribution is 0.584. The van der Waals surface area contributed by atoms with Crippen LogP contribution < -0.4 is 4.31 Å². The maximum absolute atomic E-state index is 13.1. The summed E-state index contributed by atoms with van der Waals surface area (Å²) in [4.78, 5) is 5.83. The molecule has 2 aromatic heterocycles. The van der Waals surface area contributed by atoms with Crippen molar-refractivity contribution in [2.45, 2.75) is 37.0 Å². The second-order valence-electron chi connectivity index (χ2n) is 7.02. The minimum atomic E-state index is -3.83. The number of hydrogen-bond acceptors (Lipinski definition) is 5. The topological polar surface area (TPSA) is 68.1 Å². The largest absolute Gasteiger partial charge is 0.270 e. The number of aryl methyl sites for hydroxylation is 3. The lowest BCUT2D eigenvalue weighted by atomic mass is 9.85. The van der Waals surface area contributed by atoms with Gasteiger partial charge in [-0.15, -0.1) is 11.3 Å². The zero-order valence-corrected chi connectivity index (χ0v) is 18.3. The van der Waals surface area contributed by atoms with Gasteiger partial charge in [-0.05, 0) is 37.7 Å². The van der Waals surface area contributed by atoms with Crippen molar-refractivity contribution in [2.75, 3.05) is 11.4 Å². The molecule has 0 fully saturated rings. The molecule has 0 amide bonds. The first-order valence-corrected chi connectivity index (χ1v) is 11.6. The monoisotopic (exact) mass is 436 g/mol. The van der Waals surface area contributed by atoms with Gasteiger partial charge in [0.2, 0.25) is 0 Å². The van der Waals surface area contributed by atoms with Crippen LogP contribution in [0, 0.1) is 6.92 Å². The van der Waals surface area contributed by atoms with Crippen LogP contribution in [0.5, 0.6) is 0 Å². The van der Waals surface area contributed by atoms with Crippen LogP contribution in [-0.2, 0) is 29.9 Å². The number of nitrogens with zero attached hydrogens (tertiary/aromatic N) is 4. The standard InChI is InChI=1S/C19H21ClN4O2S2/c1-12-17(18(20)23(2)22-12)28(25,26)24(3)19-21-15-10-9-14(11-16(15)27-19)13-7-5-4-6-8-13/h4-8,14H,9-11H2,1-3H3/t14-/m1/s1. The van der Waals surface area contributed by atoms with Crippen LogP contribution in [0.25, 0.3) is 0 Å². The zero-order valence-electron chi connectivity index (χ0n) is 15.9. The molecule has 4 rings (SSSR count). The lowest BCUT2D eigenvalue weighted by Crippen LogP contribution is -2.27. The molecule has 3 aromatic rings. The van der Waals surface area contributed by atoms with Crippen molar-refractivity contribution >= 4 is 38.1 Å². The average Bonchev–Trinajstić information content (AvgIpc) is 3.21. The number of benzene rings is 1. The van der Waals surface area contributed by atoms with Gasteiger partial charge in [0.25, 0.3) is 10.0 Å². The van der Waals surface area contributed by atoms with Gasteiger partial charge in [0.1, 0.15) is 10.0 Å². The Kier molecular flexibility index (Phi) is 4.97. The van der Waals surface area contributed by atoms with Crippen molar-refractivity contribution in [1.82, 2.24) is 14.8 Å². The maximum atomic E-state index is 13.1. The van der Waals surface area contributed by atoms with Gasteiger partial charge >= 0.3 is 0 Å². The van der Waals surface area contributed by atoms with E-state index in [2.05, 4.69) is 34.3 Å². The van der Waals surface area contributed by atoms with Gasteiger partial charge in [-0.25, -0.2) is 17.7 Å². The number of anilines is 1. The second kappa shape index (κ2) is 7.17. The van der Waals surface area contributed by atoms with Gasteiger partial charge in [0, 0.05) is 19.0 Å². The van der Waals surface area contributed by atoms with E-state index in [0.29, 0.717) is 16.7 Å². The molecular weight excluding hydrogens is 416 g/mol. The summed E-state index contributed by atoms with van der Waals surface area (Å²) >= 11 is 7.64. The molecule has 0 saturated carbocycles. The van der Waals surface area contributed by atoms with Crippen LogP contribution in [-0.4, -0.2) is 30.2 Å². The summed E-state index contributed by atoms with van der Waals surface area (Å²) in [6, 6.07) is 10.4. The van der Waals surface area contributed by atoms with Crippen LogP contribution in [0.1, 0.15) is 34.2 Å². The highest BCUT2D eigenvalue weighted by Crippen LogP contribution is 2.39. The molecule has 1 atom stereocenters. The number of aromatic nitrogens is 3. The summed E-state index contributed by atoms with van der Waals surface area (Å²) in [6.45, 7) is 1.64. The van der Waals surface area contributed by atoms with Crippen LogP contribution in [0.4, 0.5) is 5.13 Å². The van der Waals surface area contributed by atoms with E-state index >= 15 is 0 Å². The summed E-state index contributed by atoms with van der Waals surface area (Å²) in [5.41, 5.74) is 2.70. The van der Waals surface area contributed by atoms with Crippen molar-refractivity contribution < 1.29 is 8.42 Å². The Morgan fingerprint density at radius 1 is 1.29 bits per heavy atom. The minimum Gasteiger partial charge on any atom is -0.255 e. The Bertz CT molecular complexity index is 1120. The summed E-state index contributed by atoms with van der Waals surface area (Å²) < 4.78 is 28.9. The van der Waals surface area contributed by atoms with Crippen LogP contribution in [0.2, 0.25) is 5.15 Å².